The van der Waals surface area contributed by atoms with Crippen LogP contribution in [0, 0.1) is 5.82 Å². The molecule has 0 saturated carbocycles. The first-order valence-corrected chi connectivity index (χ1v) is 12.5. The molecule has 8 nitrogen and oxygen atoms in total. The van der Waals surface area contributed by atoms with Crippen molar-refractivity contribution in [2.75, 3.05) is 23.8 Å². The SMILES string of the molecule is O=C(Nc1cccc(C(=O)Nc2cccc(F)c2)c1)c1ccc(S(=O)(=O)NCC2CCCO2)cc1. The number of anilines is 2. The van der Waals surface area contributed by atoms with Gasteiger partial charge in [-0.1, -0.05) is 12.1 Å². The fourth-order valence-corrected chi connectivity index (χ4v) is 4.65. The van der Waals surface area contributed by atoms with E-state index in [0.29, 0.717) is 18.0 Å². The number of ether oxygens (including phenoxy) is 1. The van der Waals surface area contributed by atoms with Crippen molar-refractivity contribution < 1.29 is 27.1 Å². The van der Waals surface area contributed by atoms with Gasteiger partial charge in [0.1, 0.15) is 5.82 Å². The van der Waals surface area contributed by atoms with E-state index in [9.17, 15) is 22.4 Å². The van der Waals surface area contributed by atoms with Gasteiger partial charge in [-0.25, -0.2) is 17.5 Å². The van der Waals surface area contributed by atoms with Crippen LogP contribution in [0.2, 0.25) is 0 Å². The molecule has 2 amide bonds. The average molecular weight is 498 g/mol. The zero-order chi connectivity index (χ0) is 24.8. The van der Waals surface area contributed by atoms with Gasteiger partial charge < -0.3 is 15.4 Å². The number of rotatable bonds is 8. The van der Waals surface area contributed by atoms with E-state index in [4.69, 9.17) is 4.74 Å². The van der Waals surface area contributed by atoms with Gasteiger partial charge in [-0.3, -0.25) is 9.59 Å². The van der Waals surface area contributed by atoms with Crippen molar-refractivity contribution in [1.82, 2.24) is 4.72 Å². The number of halogens is 1. The van der Waals surface area contributed by atoms with E-state index in [1.54, 1.807) is 24.3 Å². The predicted molar refractivity (Wildman–Crippen MR) is 129 cm³/mol. The Morgan fingerprint density at radius 1 is 0.886 bits per heavy atom. The van der Waals surface area contributed by atoms with Gasteiger partial charge in [0.2, 0.25) is 10.0 Å². The predicted octanol–water partition coefficient (Wildman–Crippen LogP) is 3.79. The summed E-state index contributed by atoms with van der Waals surface area (Å²) in [6.45, 7) is 0.838. The van der Waals surface area contributed by atoms with Crippen molar-refractivity contribution in [3.8, 4) is 0 Å². The van der Waals surface area contributed by atoms with Crippen molar-refractivity contribution in [3.05, 3.63) is 89.7 Å². The minimum atomic E-state index is -3.72. The van der Waals surface area contributed by atoms with Crippen LogP contribution in [0.3, 0.4) is 0 Å². The molecule has 1 aliphatic rings. The van der Waals surface area contributed by atoms with E-state index in [1.165, 1.54) is 48.5 Å². The van der Waals surface area contributed by atoms with Crippen molar-refractivity contribution in [1.29, 1.82) is 0 Å². The van der Waals surface area contributed by atoms with Crippen LogP contribution in [0.25, 0.3) is 0 Å². The number of nitrogens with one attached hydrogen (secondary N) is 3. The van der Waals surface area contributed by atoms with E-state index in [2.05, 4.69) is 15.4 Å². The van der Waals surface area contributed by atoms with Crippen LogP contribution in [0.15, 0.2) is 77.7 Å². The normalized spacial score (nSPS) is 15.5. The summed E-state index contributed by atoms with van der Waals surface area (Å²) in [4.78, 5) is 25.2. The number of carbonyl (C=O) groups is 2. The highest BCUT2D eigenvalue weighted by Crippen LogP contribution is 2.17. The summed E-state index contributed by atoms with van der Waals surface area (Å²) in [7, 11) is -3.72. The molecule has 0 aliphatic carbocycles. The molecule has 1 fully saturated rings. The van der Waals surface area contributed by atoms with Crippen LogP contribution < -0.4 is 15.4 Å². The Morgan fingerprint density at radius 2 is 1.54 bits per heavy atom. The topological polar surface area (TPSA) is 114 Å². The Morgan fingerprint density at radius 3 is 2.20 bits per heavy atom. The Kier molecular flexibility index (Phi) is 7.54. The number of amides is 2. The molecule has 1 aliphatic heterocycles. The molecule has 1 heterocycles. The van der Waals surface area contributed by atoms with E-state index in [-0.39, 0.29) is 28.7 Å². The van der Waals surface area contributed by atoms with Gasteiger partial charge in [-0.2, -0.15) is 0 Å². The summed E-state index contributed by atoms with van der Waals surface area (Å²) in [5, 5.41) is 5.28. The van der Waals surface area contributed by atoms with E-state index >= 15 is 0 Å². The second-order valence-electron chi connectivity index (χ2n) is 8.01. The van der Waals surface area contributed by atoms with Crippen LogP contribution in [0.4, 0.5) is 15.8 Å². The summed E-state index contributed by atoms with van der Waals surface area (Å²) >= 11 is 0. The zero-order valence-electron chi connectivity index (χ0n) is 18.7. The lowest BCUT2D eigenvalue weighted by Crippen LogP contribution is -2.31. The van der Waals surface area contributed by atoms with Crippen molar-refractivity contribution in [3.63, 3.8) is 0 Å². The quantitative estimate of drug-likeness (QED) is 0.438. The molecule has 0 aromatic heterocycles. The first-order valence-electron chi connectivity index (χ1n) is 11.0. The van der Waals surface area contributed by atoms with Crippen LogP contribution in [0.5, 0.6) is 0 Å². The molecule has 1 atom stereocenters. The van der Waals surface area contributed by atoms with Crippen LogP contribution in [-0.2, 0) is 14.8 Å². The number of carbonyl (C=O) groups excluding carboxylic acids is 2. The van der Waals surface area contributed by atoms with Gasteiger partial charge in [0.25, 0.3) is 11.8 Å². The van der Waals surface area contributed by atoms with Crippen molar-refractivity contribution >= 4 is 33.2 Å². The summed E-state index contributed by atoms with van der Waals surface area (Å²) in [6, 6.07) is 17.3. The second-order valence-corrected chi connectivity index (χ2v) is 9.78. The number of sulfonamides is 1. The third kappa shape index (κ3) is 6.50. The molecule has 0 spiro atoms. The molecule has 3 aromatic carbocycles. The second kappa shape index (κ2) is 10.8. The van der Waals surface area contributed by atoms with Crippen LogP contribution in [-0.4, -0.2) is 39.5 Å². The van der Waals surface area contributed by atoms with Crippen LogP contribution >= 0.6 is 0 Å². The van der Waals surface area contributed by atoms with E-state index in [0.717, 1.165) is 12.8 Å². The Bertz CT molecular complexity index is 1320. The fourth-order valence-electron chi connectivity index (χ4n) is 3.59. The lowest BCUT2D eigenvalue weighted by atomic mass is 10.1. The molecule has 35 heavy (non-hydrogen) atoms. The van der Waals surface area contributed by atoms with Gasteiger partial charge >= 0.3 is 0 Å². The third-order valence-electron chi connectivity index (χ3n) is 5.42. The van der Waals surface area contributed by atoms with Crippen molar-refractivity contribution in [2.24, 2.45) is 0 Å². The molecule has 1 saturated heterocycles. The Balaban J connectivity index is 1.38. The fraction of sp³-hybridized carbons (Fsp3) is 0.200. The maximum atomic E-state index is 13.3. The van der Waals surface area contributed by atoms with Gasteiger partial charge in [0.15, 0.2) is 0 Å². The Labute approximate surface area is 202 Å². The molecule has 4 rings (SSSR count). The van der Waals surface area contributed by atoms with E-state index < -0.39 is 27.7 Å². The number of hydrogen-bond donors (Lipinski definition) is 3. The van der Waals surface area contributed by atoms with Gasteiger partial charge in [-0.15, -0.1) is 0 Å². The highest BCUT2D eigenvalue weighted by molar-refractivity contribution is 7.89. The highest BCUT2D eigenvalue weighted by atomic mass is 32.2. The molecule has 182 valence electrons. The number of benzene rings is 3. The van der Waals surface area contributed by atoms with E-state index in [1.807, 2.05) is 0 Å². The monoisotopic (exact) mass is 497 g/mol. The molecule has 0 radical (unpaired) electrons. The first-order chi connectivity index (χ1) is 16.8. The Hall–Kier alpha value is -3.60. The third-order valence-corrected chi connectivity index (χ3v) is 6.86. The molecule has 0 bridgehead atoms. The highest BCUT2D eigenvalue weighted by Gasteiger charge is 2.20. The van der Waals surface area contributed by atoms with Gasteiger partial charge in [0.05, 0.1) is 11.0 Å². The largest absolute Gasteiger partial charge is 0.377 e. The first kappa shape index (κ1) is 24.5. The van der Waals surface area contributed by atoms with Gasteiger partial charge in [-0.05, 0) is 73.5 Å². The standard InChI is InChI=1S/C25H24FN3O5S/c26-19-5-2-7-21(15-19)29-25(31)18-4-1-6-20(14-18)28-24(30)17-9-11-23(12-10-17)35(32,33)27-16-22-8-3-13-34-22/h1-2,4-7,9-12,14-15,22,27H,3,8,13,16H2,(H,28,30)(H,29,31). The molecular formula is C25H24FN3O5S. The zero-order valence-corrected chi connectivity index (χ0v) is 19.5. The summed E-state index contributed by atoms with van der Waals surface area (Å²) in [6.07, 6.45) is 1.60. The minimum absolute atomic E-state index is 0.0445. The smallest absolute Gasteiger partial charge is 0.255 e. The maximum absolute atomic E-state index is 13.3. The molecule has 3 N–H and O–H groups in total. The average Bonchev–Trinajstić information content (AvgIpc) is 3.37. The van der Waals surface area contributed by atoms with Gasteiger partial charge in [0, 0.05) is 35.7 Å². The maximum Gasteiger partial charge on any atom is 0.255 e. The molecule has 1 unspecified atom stereocenters. The summed E-state index contributed by atoms with van der Waals surface area (Å²) < 4.78 is 46.3. The van der Waals surface area contributed by atoms with Crippen molar-refractivity contribution in [2.45, 2.75) is 23.8 Å². The molecule has 3 aromatic rings. The summed E-state index contributed by atoms with van der Waals surface area (Å²) in [5.74, 6) is -1.40. The molecule has 10 heteroatoms. The lowest BCUT2D eigenvalue weighted by Gasteiger charge is -2.12. The van der Waals surface area contributed by atoms with Crippen LogP contribution in [0.1, 0.15) is 33.6 Å². The summed E-state index contributed by atoms with van der Waals surface area (Å²) in [5.41, 5.74) is 1.20. The molecular weight excluding hydrogens is 473 g/mol. The number of hydrogen-bond acceptors (Lipinski definition) is 5. The lowest BCUT2D eigenvalue weighted by molar-refractivity contribution is 0.101. The minimum Gasteiger partial charge on any atom is -0.377 e.